The van der Waals surface area contributed by atoms with Gasteiger partial charge in [-0.15, -0.1) is 0 Å². The molecule has 3 atom stereocenters. The van der Waals surface area contributed by atoms with Gasteiger partial charge in [-0.1, -0.05) is 15.9 Å². The molecule has 5 nitrogen and oxygen atoms in total. The minimum atomic E-state index is -1.74. The van der Waals surface area contributed by atoms with E-state index in [0.29, 0.717) is 28.7 Å². The fourth-order valence-corrected chi connectivity index (χ4v) is 4.30. The van der Waals surface area contributed by atoms with Crippen LogP contribution in [0.1, 0.15) is 11.5 Å². The zero-order chi connectivity index (χ0) is 18.2. The van der Waals surface area contributed by atoms with Crippen molar-refractivity contribution in [3.8, 4) is 18.2 Å². The molecule has 1 aliphatic heterocycles. The number of rotatable bonds is 1. The number of hydrogen-bond donors (Lipinski definition) is 2. The Hall–Kier alpha value is -2.53. The van der Waals surface area contributed by atoms with E-state index in [1.807, 2.05) is 17.5 Å². The summed E-state index contributed by atoms with van der Waals surface area (Å²) >= 11 is 3.33. The van der Waals surface area contributed by atoms with E-state index in [9.17, 15) is 20.2 Å². The molecule has 7 heteroatoms. The molecule has 124 valence electrons. The standard InChI is InChI=1S/C18H13BrFN5/c19-10-1-2-15(20)11(5-10)16-12(6-21)17(24)18(8-22,9-23)14-3-4-25-7-13(14)16/h1-3,5,12-13,16,24-25H,4,7H2/p+1/t12?,13-,16-/m1/s1. The Bertz CT molecular complexity index is 888. The molecule has 3 N–H and O–H groups in total. The number of nitriles is 3. The normalized spacial score (nSPS) is 27.2. The molecule has 0 radical (unpaired) electrons. The molecule has 3 rings (SSSR count). The molecule has 1 heterocycles. The molecule has 1 fully saturated rings. The van der Waals surface area contributed by atoms with Crippen LogP contribution in [0.5, 0.6) is 0 Å². The first kappa shape index (κ1) is 17.3. The van der Waals surface area contributed by atoms with Gasteiger partial charge in [0.1, 0.15) is 5.82 Å². The molecule has 1 unspecified atom stereocenters. The molecule has 25 heavy (non-hydrogen) atoms. The van der Waals surface area contributed by atoms with Crippen molar-refractivity contribution in [2.75, 3.05) is 13.1 Å². The molecule has 0 spiro atoms. The Balaban J connectivity index is 2.26. The number of nitrogens with zero attached hydrogens (tertiary/aromatic N) is 3. The van der Waals surface area contributed by atoms with Gasteiger partial charge in [-0.25, -0.2) is 4.39 Å². The Morgan fingerprint density at radius 1 is 1.28 bits per heavy atom. The van der Waals surface area contributed by atoms with Crippen LogP contribution in [0.3, 0.4) is 0 Å². The Morgan fingerprint density at radius 2 is 2.00 bits per heavy atom. The highest BCUT2D eigenvalue weighted by Crippen LogP contribution is 2.51. The number of fused-ring (bicyclic) bond motifs is 1. The van der Waals surface area contributed by atoms with Crippen molar-refractivity contribution in [3.63, 3.8) is 0 Å². The number of nitrogens with one attached hydrogen (secondary N) is 1. The average Bonchev–Trinajstić information content (AvgIpc) is 2.63. The van der Waals surface area contributed by atoms with Crippen LogP contribution in [0.15, 0.2) is 34.3 Å². The van der Waals surface area contributed by atoms with Crippen molar-refractivity contribution in [3.05, 3.63) is 45.7 Å². The first-order valence-electron chi connectivity index (χ1n) is 7.78. The molecule has 1 saturated carbocycles. The zero-order valence-corrected chi connectivity index (χ0v) is 14.7. The maximum Gasteiger partial charge on any atom is 0.203 e. The fraction of sp³-hybridized carbons (Fsp3) is 0.333. The number of hydrogen-bond acceptors (Lipinski definition) is 4. The second kappa shape index (κ2) is 6.41. The van der Waals surface area contributed by atoms with Gasteiger partial charge in [0.15, 0.2) is 0 Å². The van der Waals surface area contributed by atoms with Crippen molar-refractivity contribution in [2.45, 2.75) is 5.92 Å². The summed E-state index contributed by atoms with van der Waals surface area (Å²) in [4.78, 5) is 0. The van der Waals surface area contributed by atoms with Gasteiger partial charge < -0.3 is 10.7 Å². The molecule has 0 bridgehead atoms. The summed E-state index contributed by atoms with van der Waals surface area (Å²) in [5.41, 5.74) is -1.13. The zero-order valence-electron chi connectivity index (χ0n) is 13.1. The molecule has 0 amide bonds. The lowest BCUT2D eigenvalue weighted by Crippen LogP contribution is -2.87. The average molecular weight is 399 g/mol. The number of benzene rings is 1. The van der Waals surface area contributed by atoms with E-state index in [1.54, 1.807) is 18.2 Å². The van der Waals surface area contributed by atoms with Gasteiger partial charge in [0, 0.05) is 16.3 Å². The molecule has 1 aromatic carbocycles. The highest BCUT2D eigenvalue weighted by Gasteiger charge is 2.57. The molecule has 0 saturated heterocycles. The lowest BCUT2D eigenvalue weighted by molar-refractivity contribution is -0.654. The maximum absolute atomic E-state index is 14.5. The highest BCUT2D eigenvalue weighted by molar-refractivity contribution is 9.10. The summed E-state index contributed by atoms with van der Waals surface area (Å²) in [6, 6.07) is 10.5. The number of halogens is 2. The molecular weight excluding hydrogens is 385 g/mol. The summed E-state index contributed by atoms with van der Waals surface area (Å²) in [6.07, 6.45) is 1.78. The lowest BCUT2D eigenvalue weighted by atomic mass is 9.55. The third-order valence-corrected chi connectivity index (χ3v) is 5.55. The van der Waals surface area contributed by atoms with E-state index >= 15 is 0 Å². The van der Waals surface area contributed by atoms with Gasteiger partial charge in [0.05, 0.1) is 42.9 Å². The van der Waals surface area contributed by atoms with Crippen LogP contribution in [0.4, 0.5) is 4.39 Å². The Labute approximate surface area is 153 Å². The van der Waals surface area contributed by atoms with Gasteiger partial charge in [-0.05, 0) is 35.4 Å². The van der Waals surface area contributed by atoms with Crippen LogP contribution >= 0.6 is 15.9 Å². The van der Waals surface area contributed by atoms with E-state index in [4.69, 9.17) is 5.41 Å². The summed E-state index contributed by atoms with van der Waals surface area (Å²) < 4.78 is 15.2. The van der Waals surface area contributed by atoms with Crippen LogP contribution in [-0.4, -0.2) is 18.8 Å². The van der Waals surface area contributed by atoms with Crippen molar-refractivity contribution in [1.82, 2.24) is 0 Å². The summed E-state index contributed by atoms with van der Waals surface area (Å²) in [5, 5.41) is 39.4. The van der Waals surface area contributed by atoms with E-state index in [2.05, 4.69) is 22.0 Å². The number of quaternary nitrogens is 1. The topological polar surface area (TPSA) is 112 Å². The summed E-state index contributed by atoms with van der Waals surface area (Å²) in [5.74, 6) is -2.44. The smallest absolute Gasteiger partial charge is 0.203 e. The molecular formula is C18H14BrFN5+. The molecule has 1 aliphatic carbocycles. The number of nitrogens with two attached hydrogens (primary N) is 1. The van der Waals surface area contributed by atoms with Gasteiger partial charge in [-0.3, -0.25) is 0 Å². The monoisotopic (exact) mass is 398 g/mol. The van der Waals surface area contributed by atoms with Crippen molar-refractivity contribution >= 4 is 21.6 Å². The largest absolute Gasteiger partial charge is 0.342 e. The highest BCUT2D eigenvalue weighted by atomic mass is 79.9. The van der Waals surface area contributed by atoms with E-state index < -0.39 is 23.1 Å². The molecule has 1 aromatic rings. The summed E-state index contributed by atoms with van der Waals surface area (Å²) in [6.45, 7) is 1.13. The minimum Gasteiger partial charge on any atom is -0.342 e. The Kier molecular flexibility index (Phi) is 4.43. The van der Waals surface area contributed by atoms with Gasteiger partial charge >= 0.3 is 0 Å². The fourth-order valence-electron chi connectivity index (χ4n) is 3.92. The van der Waals surface area contributed by atoms with Crippen LogP contribution in [0, 0.1) is 62.5 Å². The van der Waals surface area contributed by atoms with E-state index in [1.165, 1.54) is 6.07 Å². The molecule has 0 aromatic heterocycles. The van der Waals surface area contributed by atoms with Crippen molar-refractivity contribution < 1.29 is 9.71 Å². The van der Waals surface area contributed by atoms with Crippen LogP contribution < -0.4 is 5.32 Å². The first-order chi connectivity index (χ1) is 12.0. The second-order valence-corrected chi connectivity index (χ2v) is 7.13. The lowest BCUT2D eigenvalue weighted by Gasteiger charge is -2.44. The quantitative estimate of drug-likeness (QED) is 0.705. The third-order valence-electron chi connectivity index (χ3n) is 5.06. The predicted molar refractivity (Wildman–Crippen MR) is 90.6 cm³/mol. The van der Waals surface area contributed by atoms with Crippen molar-refractivity contribution in [1.29, 1.82) is 21.2 Å². The van der Waals surface area contributed by atoms with E-state index in [0.717, 1.165) is 0 Å². The first-order valence-corrected chi connectivity index (χ1v) is 8.57. The van der Waals surface area contributed by atoms with Gasteiger partial charge in [-0.2, -0.15) is 15.8 Å². The van der Waals surface area contributed by atoms with E-state index in [-0.39, 0.29) is 11.6 Å². The maximum atomic E-state index is 14.5. The van der Waals surface area contributed by atoms with Crippen molar-refractivity contribution in [2.24, 2.45) is 17.3 Å². The summed E-state index contributed by atoms with van der Waals surface area (Å²) in [7, 11) is 0. The second-order valence-electron chi connectivity index (χ2n) is 6.21. The van der Waals surface area contributed by atoms with Gasteiger partial charge in [0.2, 0.25) is 5.41 Å². The minimum absolute atomic E-state index is 0.256. The molecule has 2 aliphatic rings. The van der Waals surface area contributed by atoms with Crippen LogP contribution in [-0.2, 0) is 0 Å². The van der Waals surface area contributed by atoms with Crippen LogP contribution in [0.2, 0.25) is 0 Å². The van der Waals surface area contributed by atoms with Crippen LogP contribution in [0.25, 0.3) is 0 Å². The van der Waals surface area contributed by atoms with Gasteiger partial charge in [0.25, 0.3) is 0 Å². The SMILES string of the molecule is N#CC1C(=N)C(C#N)(C#N)C2=CC[NH2+]C[C@H]2[C@@H]1c1cc(Br)ccc1F. The third kappa shape index (κ3) is 2.46. The predicted octanol–water partition coefficient (Wildman–Crippen LogP) is 2.00. The Morgan fingerprint density at radius 3 is 2.64 bits per heavy atom.